The molecule has 1 atom stereocenters. The van der Waals surface area contributed by atoms with Gasteiger partial charge in [-0.3, -0.25) is 0 Å². The first-order valence-electron chi connectivity index (χ1n) is 6.24. The van der Waals surface area contributed by atoms with Crippen LogP contribution in [-0.4, -0.2) is 11.1 Å². The second-order valence-electron chi connectivity index (χ2n) is 6.05. The van der Waals surface area contributed by atoms with Crippen LogP contribution < -0.4 is 5.32 Å². The van der Waals surface area contributed by atoms with Gasteiger partial charge in [0.25, 0.3) is 0 Å². The summed E-state index contributed by atoms with van der Waals surface area (Å²) >= 11 is 0. The maximum Gasteiger partial charge on any atom is 0.121 e. The third-order valence-corrected chi connectivity index (χ3v) is 3.46. The van der Waals surface area contributed by atoms with Crippen molar-refractivity contribution >= 4 is 0 Å². The van der Waals surface area contributed by atoms with E-state index < -0.39 is 0 Å². The maximum atomic E-state index is 9.72. The Morgan fingerprint density at radius 1 is 1.18 bits per heavy atom. The van der Waals surface area contributed by atoms with E-state index in [4.69, 9.17) is 0 Å². The average molecular weight is 235 g/mol. The van der Waals surface area contributed by atoms with Gasteiger partial charge < -0.3 is 10.4 Å². The van der Waals surface area contributed by atoms with Crippen molar-refractivity contribution in [3.8, 4) is 5.75 Å². The molecule has 0 aromatic heterocycles. The molecule has 96 valence electrons. The number of benzene rings is 1. The van der Waals surface area contributed by atoms with Crippen molar-refractivity contribution in [1.82, 2.24) is 5.32 Å². The third kappa shape index (κ3) is 3.74. The normalized spacial score (nSPS) is 13.8. The lowest BCUT2D eigenvalue weighted by Gasteiger charge is -2.28. The lowest BCUT2D eigenvalue weighted by atomic mass is 9.88. The summed E-state index contributed by atoms with van der Waals surface area (Å²) in [6.07, 6.45) is 0. The highest BCUT2D eigenvalue weighted by molar-refractivity contribution is 5.42. The Morgan fingerprint density at radius 3 is 2.06 bits per heavy atom. The van der Waals surface area contributed by atoms with Crippen molar-refractivity contribution in [2.45, 2.75) is 54.1 Å². The largest absolute Gasteiger partial charge is 0.507 e. The van der Waals surface area contributed by atoms with Crippen LogP contribution in [0.4, 0.5) is 0 Å². The highest BCUT2D eigenvalue weighted by Gasteiger charge is 2.19. The summed E-state index contributed by atoms with van der Waals surface area (Å²) in [5.74, 6) is 0.414. The fourth-order valence-electron chi connectivity index (χ4n) is 1.72. The monoisotopic (exact) mass is 235 g/mol. The summed E-state index contributed by atoms with van der Waals surface area (Å²) in [5.41, 5.74) is 3.39. The molecule has 0 spiro atoms. The van der Waals surface area contributed by atoms with Crippen molar-refractivity contribution in [1.29, 1.82) is 0 Å². The van der Waals surface area contributed by atoms with E-state index >= 15 is 0 Å². The molecular formula is C15H25NO. The fraction of sp³-hybridized carbons (Fsp3) is 0.600. The molecule has 2 nitrogen and oxygen atoms in total. The predicted molar refractivity (Wildman–Crippen MR) is 73.3 cm³/mol. The number of hydrogen-bond donors (Lipinski definition) is 2. The summed E-state index contributed by atoms with van der Waals surface area (Å²) in [5, 5.41) is 13.2. The first-order chi connectivity index (χ1) is 7.71. The molecule has 2 N–H and O–H groups in total. The summed E-state index contributed by atoms with van der Waals surface area (Å²) in [4.78, 5) is 0. The Balaban J connectivity index is 2.71. The van der Waals surface area contributed by atoms with Crippen LogP contribution in [0.2, 0.25) is 0 Å². The molecule has 0 bridgehead atoms. The Bertz CT molecular complexity index is 367. The van der Waals surface area contributed by atoms with E-state index in [1.54, 1.807) is 0 Å². The first-order valence-corrected chi connectivity index (χ1v) is 6.24. The molecule has 0 aliphatic rings. The van der Waals surface area contributed by atoms with Gasteiger partial charge in [0.15, 0.2) is 0 Å². The molecule has 1 aromatic rings. The number of aromatic hydroxyl groups is 1. The molecule has 1 aromatic carbocycles. The zero-order valence-corrected chi connectivity index (χ0v) is 11.9. The van der Waals surface area contributed by atoms with Gasteiger partial charge in [0.05, 0.1) is 0 Å². The minimum atomic E-state index is 0.265. The number of aryl methyl sites for hydroxylation is 2. The molecule has 0 aliphatic heterocycles. The molecule has 1 unspecified atom stereocenters. The molecule has 0 saturated heterocycles. The van der Waals surface area contributed by atoms with E-state index in [9.17, 15) is 5.11 Å². The number of hydrogen-bond acceptors (Lipinski definition) is 2. The van der Waals surface area contributed by atoms with Crippen molar-refractivity contribution in [2.24, 2.45) is 5.41 Å². The Kier molecular flexibility index (Phi) is 4.21. The summed E-state index contributed by atoms with van der Waals surface area (Å²) in [6.45, 7) is 13.6. The van der Waals surface area contributed by atoms with E-state index in [0.29, 0.717) is 11.8 Å². The van der Waals surface area contributed by atoms with E-state index in [1.807, 2.05) is 26.0 Å². The van der Waals surface area contributed by atoms with Crippen molar-refractivity contribution in [3.05, 3.63) is 28.8 Å². The van der Waals surface area contributed by atoms with Gasteiger partial charge in [0.2, 0.25) is 0 Å². The first kappa shape index (κ1) is 14.0. The van der Waals surface area contributed by atoms with Crippen LogP contribution in [-0.2, 0) is 6.54 Å². The van der Waals surface area contributed by atoms with Gasteiger partial charge in [-0.2, -0.15) is 0 Å². The van der Waals surface area contributed by atoms with E-state index in [0.717, 1.165) is 17.7 Å². The van der Waals surface area contributed by atoms with Gasteiger partial charge in [-0.25, -0.2) is 0 Å². The lowest BCUT2D eigenvalue weighted by molar-refractivity contribution is 0.285. The van der Waals surface area contributed by atoms with Gasteiger partial charge in [-0.05, 0) is 42.9 Å². The van der Waals surface area contributed by atoms with Crippen LogP contribution in [0.1, 0.15) is 44.4 Å². The molecule has 0 radical (unpaired) electrons. The number of phenolic OH excluding ortho intramolecular Hbond substituents is 1. The lowest BCUT2D eigenvalue weighted by Crippen LogP contribution is -2.37. The standard InChI is InChI=1S/C15H25NO/c1-10-7-13(8-11(2)14(10)17)9-16-12(3)15(4,5)6/h7-8,12,16-17H,9H2,1-6H3. The number of rotatable bonds is 3. The molecule has 1 rings (SSSR count). The fourth-order valence-corrected chi connectivity index (χ4v) is 1.72. The Morgan fingerprint density at radius 2 is 1.65 bits per heavy atom. The third-order valence-electron chi connectivity index (χ3n) is 3.46. The number of nitrogens with one attached hydrogen (secondary N) is 1. The van der Waals surface area contributed by atoms with E-state index in [2.05, 4.69) is 33.0 Å². The van der Waals surface area contributed by atoms with Crippen molar-refractivity contribution in [3.63, 3.8) is 0 Å². The molecule has 0 saturated carbocycles. The van der Waals surface area contributed by atoms with Crippen LogP contribution in [0, 0.1) is 19.3 Å². The second-order valence-corrected chi connectivity index (χ2v) is 6.05. The molecular weight excluding hydrogens is 210 g/mol. The Hall–Kier alpha value is -1.02. The average Bonchev–Trinajstić information content (AvgIpc) is 2.20. The topological polar surface area (TPSA) is 32.3 Å². The van der Waals surface area contributed by atoms with Gasteiger partial charge in [-0.15, -0.1) is 0 Å². The Labute approximate surface area is 105 Å². The van der Waals surface area contributed by atoms with Gasteiger partial charge in [-0.1, -0.05) is 32.9 Å². The van der Waals surface area contributed by atoms with Gasteiger partial charge in [0.1, 0.15) is 5.75 Å². The maximum absolute atomic E-state index is 9.72. The molecule has 17 heavy (non-hydrogen) atoms. The highest BCUT2D eigenvalue weighted by Crippen LogP contribution is 2.23. The van der Waals surface area contributed by atoms with Crippen molar-refractivity contribution < 1.29 is 5.11 Å². The number of phenols is 1. The van der Waals surface area contributed by atoms with Crippen LogP contribution in [0.5, 0.6) is 5.75 Å². The van der Waals surface area contributed by atoms with Crippen molar-refractivity contribution in [2.75, 3.05) is 0 Å². The summed E-state index contributed by atoms with van der Waals surface area (Å²) in [7, 11) is 0. The molecule has 0 amide bonds. The second kappa shape index (κ2) is 5.09. The van der Waals surface area contributed by atoms with Gasteiger partial charge >= 0.3 is 0 Å². The predicted octanol–water partition coefficient (Wildman–Crippen LogP) is 3.53. The van der Waals surface area contributed by atoms with Crippen LogP contribution >= 0.6 is 0 Å². The van der Waals surface area contributed by atoms with E-state index in [1.165, 1.54) is 5.56 Å². The zero-order chi connectivity index (χ0) is 13.2. The van der Waals surface area contributed by atoms with Crippen LogP contribution in [0.15, 0.2) is 12.1 Å². The van der Waals surface area contributed by atoms with Crippen LogP contribution in [0.25, 0.3) is 0 Å². The quantitative estimate of drug-likeness (QED) is 0.840. The van der Waals surface area contributed by atoms with Crippen LogP contribution in [0.3, 0.4) is 0 Å². The molecule has 0 fully saturated rings. The minimum Gasteiger partial charge on any atom is -0.507 e. The smallest absolute Gasteiger partial charge is 0.121 e. The molecule has 0 heterocycles. The molecule has 0 aliphatic carbocycles. The van der Waals surface area contributed by atoms with Gasteiger partial charge in [0, 0.05) is 12.6 Å². The summed E-state index contributed by atoms with van der Waals surface area (Å²) < 4.78 is 0. The highest BCUT2D eigenvalue weighted by atomic mass is 16.3. The minimum absolute atomic E-state index is 0.265. The zero-order valence-electron chi connectivity index (χ0n) is 11.9. The van der Waals surface area contributed by atoms with E-state index in [-0.39, 0.29) is 5.41 Å². The molecule has 2 heteroatoms. The summed E-state index contributed by atoms with van der Waals surface area (Å²) in [6, 6.07) is 4.55. The SMILES string of the molecule is Cc1cc(CNC(C)C(C)(C)C)cc(C)c1O.